The maximum Gasteiger partial charge on any atom is 0.261 e. The summed E-state index contributed by atoms with van der Waals surface area (Å²) in [6, 6.07) is 13.0. The van der Waals surface area contributed by atoms with Crippen LogP contribution in [-0.2, 0) is 11.2 Å². The van der Waals surface area contributed by atoms with E-state index >= 15 is 0 Å². The van der Waals surface area contributed by atoms with Gasteiger partial charge in [0.2, 0.25) is 0 Å². The fourth-order valence-corrected chi connectivity index (χ4v) is 2.74. The van der Waals surface area contributed by atoms with Crippen molar-refractivity contribution in [3.05, 3.63) is 53.6 Å². The van der Waals surface area contributed by atoms with Gasteiger partial charge < -0.3 is 19.5 Å². The van der Waals surface area contributed by atoms with E-state index < -0.39 is 6.10 Å². The predicted molar refractivity (Wildman–Crippen MR) is 102 cm³/mol. The number of methoxy groups -OCH3 is 2. The number of para-hydroxylation sites is 1. The molecule has 0 saturated carbocycles. The average Bonchev–Trinajstić information content (AvgIpc) is 2.67. The number of ether oxygens (including phenoxy) is 3. The van der Waals surface area contributed by atoms with E-state index in [1.807, 2.05) is 49.4 Å². The third-order valence-electron chi connectivity index (χ3n) is 4.29. The molecule has 0 radical (unpaired) electrons. The van der Waals surface area contributed by atoms with Crippen LogP contribution in [0.25, 0.3) is 0 Å². The normalized spacial score (nSPS) is 12.8. The molecule has 2 aromatic carbocycles. The summed E-state index contributed by atoms with van der Waals surface area (Å²) in [6.07, 6.45) is 0.240. The number of carbonyl (C=O) groups is 1. The Bertz CT molecular complexity index is 745. The Balaban J connectivity index is 2.09. The zero-order valence-electron chi connectivity index (χ0n) is 16.0. The summed E-state index contributed by atoms with van der Waals surface area (Å²) in [5.74, 6) is 1.96. The van der Waals surface area contributed by atoms with Crippen molar-refractivity contribution < 1.29 is 19.0 Å². The van der Waals surface area contributed by atoms with Gasteiger partial charge in [-0.3, -0.25) is 4.79 Å². The van der Waals surface area contributed by atoms with Crippen molar-refractivity contribution in [2.24, 2.45) is 0 Å². The number of benzene rings is 2. The highest BCUT2D eigenvalue weighted by Crippen LogP contribution is 2.29. The lowest BCUT2D eigenvalue weighted by molar-refractivity contribution is -0.127. The molecule has 5 heteroatoms. The molecule has 2 atom stereocenters. The smallest absolute Gasteiger partial charge is 0.261 e. The first-order valence-corrected chi connectivity index (χ1v) is 8.77. The molecule has 0 heterocycles. The summed E-state index contributed by atoms with van der Waals surface area (Å²) in [5, 5.41) is 2.98. The van der Waals surface area contributed by atoms with Crippen molar-refractivity contribution >= 4 is 5.91 Å². The van der Waals surface area contributed by atoms with Gasteiger partial charge in [-0.1, -0.05) is 25.1 Å². The fraction of sp³-hybridized carbons (Fsp3) is 0.381. The van der Waals surface area contributed by atoms with Crippen molar-refractivity contribution in [1.29, 1.82) is 0 Å². The molecule has 0 aromatic heterocycles. The van der Waals surface area contributed by atoms with E-state index in [-0.39, 0.29) is 11.9 Å². The molecule has 2 aromatic rings. The average molecular weight is 357 g/mol. The number of hydrogen-bond donors (Lipinski definition) is 1. The minimum Gasteiger partial charge on any atom is -0.497 e. The Morgan fingerprint density at radius 2 is 1.77 bits per heavy atom. The second-order valence-electron chi connectivity index (χ2n) is 6.06. The van der Waals surface area contributed by atoms with Crippen LogP contribution in [0.5, 0.6) is 17.2 Å². The highest BCUT2D eigenvalue weighted by atomic mass is 16.5. The van der Waals surface area contributed by atoms with Gasteiger partial charge in [-0.2, -0.15) is 0 Å². The first kappa shape index (κ1) is 19.6. The van der Waals surface area contributed by atoms with Gasteiger partial charge in [0.25, 0.3) is 5.91 Å². The van der Waals surface area contributed by atoms with Crippen LogP contribution in [0, 0.1) is 0 Å². The summed E-state index contributed by atoms with van der Waals surface area (Å²) in [4.78, 5) is 12.6. The molecule has 1 N–H and O–H groups in total. The minimum absolute atomic E-state index is 0.187. The monoisotopic (exact) mass is 357 g/mol. The number of nitrogens with one attached hydrogen (secondary N) is 1. The summed E-state index contributed by atoms with van der Waals surface area (Å²) in [6.45, 7) is 5.71. The third-order valence-corrected chi connectivity index (χ3v) is 4.29. The van der Waals surface area contributed by atoms with Crippen LogP contribution in [0.3, 0.4) is 0 Å². The molecular weight excluding hydrogens is 330 g/mol. The van der Waals surface area contributed by atoms with Crippen molar-refractivity contribution in [2.45, 2.75) is 39.3 Å². The Morgan fingerprint density at radius 3 is 2.42 bits per heavy atom. The summed E-state index contributed by atoms with van der Waals surface area (Å²) in [7, 11) is 3.21. The quantitative estimate of drug-likeness (QED) is 0.778. The molecule has 5 nitrogen and oxygen atoms in total. The van der Waals surface area contributed by atoms with Gasteiger partial charge in [-0.25, -0.2) is 0 Å². The van der Waals surface area contributed by atoms with Crippen molar-refractivity contribution in [3.63, 3.8) is 0 Å². The molecule has 140 valence electrons. The van der Waals surface area contributed by atoms with Crippen molar-refractivity contribution in [1.82, 2.24) is 5.32 Å². The largest absolute Gasteiger partial charge is 0.497 e. The van der Waals surface area contributed by atoms with Gasteiger partial charge in [0.05, 0.1) is 20.3 Å². The molecule has 0 aliphatic carbocycles. The molecule has 0 saturated heterocycles. The standard InChI is InChI=1S/C21H27NO4/c1-6-16-9-7-8-10-19(16)26-15(3)21(23)22-14(2)18-13-17(24-4)11-12-20(18)25-5/h7-15H,6H2,1-5H3,(H,22,23)/t14-,15-/m1/s1. The number of amides is 1. The summed E-state index contributed by atoms with van der Waals surface area (Å²) in [5.41, 5.74) is 1.93. The minimum atomic E-state index is -0.609. The van der Waals surface area contributed by atoms with E-state index in [9.17, 15) is 4.79 Å². The molecule has 0 aliphatic heterocycles. The summed E-state index contributed by atoms with van der Waals surface area (Å²) < 4.78 is 16.5. The Labute approximate surface area is 155 Å². The van der Waals surface area contributed by atoms with E-state index in [4.69, 9.17) is 14.2 Å². The van der Waals surface area contributed by atoms with E-state index in [1.54, 1.807) is 21.1 Å². The summed E-state index contributed by atoms with van der Waals surface area (Å²) >= 11 is 0. The van der Waals surface area contributed by atoms with E-state index in [1.165, 1.54) is 0 Å². The van der Waals surface area contributed by atoms with E-state index in [0.717, 1.165) is 23.3 Å². The van der Waals surface area contributed by atoms with Crippen LogP contribution < -0.4 is 19.5 Å². The molecule has 2 rings (SSSR count). The highest BCUT2D eigenvalue weighted by molar-refractivity contribution is 5.81. The highest BCUT2D eigenvalue weighted by Gasteiger charge is 2.20. The molecule has 0 spiro atoms. The Kier molecular flexibility index (Phi) is 6.89. The number of rotatable bonds is 8. The van der Waals surface area contributed by atoms with Crippen LogP contribution >= 0.6 is 0 Å². The number of carbonyl (C=O) groups excluding carboxylic acids is 1. The van der Waals surface area contributed by atoms with Crippen LogP contribution in [-0.4, -0.2) is 26.2 Å². The van der Waals surface area contributed by atoms with Gasteiger partial charge in [0, 0.05) is 5.56 Å². The maximum absolute atomic E-state index is 12.6. The molecule has 0 fully saturated rings. The van der Waals surface area contributed by atoms with Gasteiger partial charge >= 0.3 is 0 Å². The second kappa shape index (κ2) is 9.13. The van der Waals surface area contributed by atoms with Crippen molar-refractivity contribution in [2.75, 3.05) is 14.2 Å². The Hall–Kier alpha value is -2.69. The zero-order valence-corrected chi connectivity index (χ0v) is 16.0. The number of aryl methyl sites for hydroxylation is 1. The zero-order chi connectivity index (χ0) is 19.1. The molecule has 0 bridgehead atoms. The lowest BCUT2D eigenvalue weighted by atomic mass is 10.1. The number of hydrogen-bond acceptors (Lipinski definition) is 4. The van der Waals surface area contributed by atoms with Gasteiger partial charge in [0.15, 0.2) is 6.10 Å². The van der Waals surface area contributed by atoms with Crippen LogP contribution in [0.1, 0.15) is 37.9 Å². The molecule has 0 aliphatic rings. The molecule has 26 heavy (non-hydrogen) atoms. The third kappa shape index (κ3) is 4.69. The van der Waals surface area contributed by atoms with Gasteiger partial charge in [0.1, 0.15) is 17.2 Å². The van der Waals surface area contributed by atoms with Gasteiger partial charge in [-0.05, 0) is 50.1 Å². The fourth-order valence-electron chi connectivity index (χ4n) is 2.74. The molecule has 1 amide bonds. The Morgan fingerprint density at radius 1 is 1.04 bits per heavy atom. The first-order chi connectivity index (χ1) is 12.5. The SMILES string of the molecule is CCc1ccccc1O[C@H](C)C(=O)N[C@H](C)c1cc(OC)ccc1OC. The van der Waals surface area contributed by atoms with Gasteiger partial charge in [-0.15, -0.1) is 0 Å². The predicted octanol–water partition coefficient (Wildman–Crippen LogP) is 3.91. The molecular formula is C21H27NO4. The van der Waals surface area contributed by atoms with Crippen LogP contribution in [0.15, 0.2) is 42.5 Å². The second-order valence-corrected chi connectivity index (χ2v) is 6.06. The lowest BCUT2D eigenvalue weighted by Gasteiger charge is -2.21. The van der Waals surface area contributed by atoms with Crippen LogP contribution in [0.2, 0.25) is 0 Å². The first-order valence-electron chi connectivity index (χ1n) is 8.77. The van der Waals surface area contributed by atoms with E-state index in [0.29, 0.717) is 11.5 Å². The van der Waals surface area contributed by atoms with E-state index in [2.05, 4.69) is 12.2 Å². The van der Waals surface area contributed by atoms with Crippen molar-refractivity contribution in [3.8, 4) is 17.2 Å². The topological polar surface area (TPSA) is 56.8 Å². The molecule has 0 unspecified atom stereocenters. The van der Waals surface area contributed by atoms with Crippen LogP contribution in [0.4, 0.5) is 0 Å². The maximum atomic E-state index is 12.6. The lowest BCUT2D eigenvalue weighted by Crippen LogP contribution is -2.38.